The Balaban J connectivity index is 2.06. The molecule has 6 heteroatoms. The van der Waals surface area contributed by atoms with Crippen LogP contribution in [0, 0.1) is 0 Å². The van der Waals surface area contributed by atoms with E-state index >= 15 is 0 Å². The number of hydrogen-bond donors (Lipinski definition) is 1. The SMILES string of the molecule is CCCN1C(=O)C(Nc2ccc(C(C)(C)C)cc2)=C(c2ccc(OC)c(OC)c2)C1=O. The largest absolute Gasteiger partial charge is 0.493 e. The molecule has 0 bridgehead atoms. The van der Waals surface area contributed by atoms with E-state index in [9.17, 15) is 9.59 Å². The van der Waals surface area contributed by atoms with Gasteiger partial charge in [0.05, 0.1) is 19.8 Å². The van der Waals surface area contributed by atoms with E-state index in [1.165, 1.54) is 17.6 Å². The van der Waals surface area contributed by atoms with Crippen LogP contribution >= 0.6 is 0 Å². The molecule has 2 amide bonds. The van der Waals surface area contributed by atoms with E-state index in [1.807, 2.05) is 31.2 Å². The lowest BCUT2D eigenvalue weighted by atomic mass is 9.87. The first-order valence-corrected chi connectivity index (χ1v) is 10.4. The van der Waals surface area contributed by atoms with Crippen molar-refractivity contribution < 1.29 is 19.1 Å². The molecule has 1 heterocycles. The Bertz CT molecular complexity index is 1020. The average Bonchev–Trinajstić information content (AvgIpc) is 2.97. The number of hydrogen-bond acceptors (Lipinski definition) is 5. The van der Waals surface area contributed by atoms with E-state index in [1.54, 1.807) is 25.3 Å². The van der Waals surface area contributed by atoms with Gasteiger partial charge in [0.25, 0.3) is 11.8 Å². The summed E-state index contributed by atoms with van der Waals surface area (Å²) in [5.74, 6) is 0.418. The zero-order valence-electron chi connectivity index (χ0n) is 19.0. The molecule has 0 unspecified atom stereocenters. The van der Waals surface area contributed by atoms with Gasteiger partial charge < -0.3 is 14.8 Å². The zero-order valence-corrected chi connectivity index (χ0v) is 19.0. The van der Waals surface area contributed by atoms with Crippen LogP contribution in [-0.2, 0) is 15.0 Å². The number of nitrogens with zero attached hydrogens (tertiary/aromatic N) is 1. The number of amides is 2. The van der Waals surface area contributed by atoms with Gasteiger partial charge in [0.15, 0.2) is 11.5 Å². The summed E-state index contributed by atoms with van der Waals surface area (Å²) in [6.45, 7) is 8.74. The number of carbonyl (C=O) groups is 2. The molecule has 0 radical (unpaired) electrons. The van der Waals surface area contributed by atoms with Gasteiger partial charge in [-0.25, -0.2) is 0 Å². The third kappa shape index (κ3) is 4.43. The van der Waals surface area contributed by atoms with Gasteiger partial charge in [-0.1, -0.05) is 45.9 Å². The second kappa shape index (κ2) is 8.84. The fraction of sp³-hybridized carbons (Fsp3) is 0.360. The summed E-state index contributed by atoms with van der Waals surface area (Å²) in [7, 11) is 3.09. The van der Waals surface area contributed by atoms with Crippen molar-refractivity contribution in [3.63, 3.8) is 0 Å². The average molecular weight is 423 g/mol. The predicted molar refractivity (Wildman–Crippen MR) is 122 cm³/mol. The first kappa shape index (κ1) is 22.4. The molecule has 0 fully saturated rings. The minimum absolute atomic E-state index is 0.0275. The van der Waals surface area contributed by atoms with Gasteiger partial charge in [0.2, 0.25) is 0 Å². The van der Waals surface area contributed by atoms with E-state index in [0.29, 0.717) is 35.6 Å². The number of rotatable bonds is 7. The summed E-state index contributed by atoms with van der Waals surface area (Å²) in [5, 5.41) is 3.20. The van der Waals surface area contributed by atoms with Gasteiger partial charge in [-0.3, -0.25) is 14.5 Å². The van der Waals surface area contributed by atoms with E-state index < -0.39 is 0 Å². The molecule has 1 N–H and O–H groups in total. The molecule has 164 valence electrons. The maximum Gasteiger partial charge on any atom is 0.278 e. The monoisotopic (exact) mass is 422 g/mol. The third-order valence-corrected chi connectivity index (χ3v) is 5.31. The standard InChI is InChI=1S/C25H30N2O4/c1-7-14-27-23(28)21(16-8-13-19(30-5)20(15-16)31-6)22(24(27)29)26-18-11-9-17(10-12-18)25(2,3)4/h8-13,15,26H,7,14H2,1-6H3. The molecular weight excluding hydrogens is 392 g/mol. The number of benzene rings is 2. The van der Waals surface area contributed by atoms with Crippen molar-refractivity contribution in [2.24, 2.45) is 0 Å². The van der Waals surface area contributed by atoms with Crippen LogP contribution in [0.2, 0.25) is 0 Å². The molecular formula is C25H30N2O4. The summed E-state index contributed by atoms with van der Waals surface area (Å²) in [6.07, 6.45) is 0.685. The maximum atomic E-state index is 13.2. The molecule has 31 heavy (non-hydrogen) atoms. The van der Waals surface area contributed by atoms with E-state index in [0.717, 1.165) is 5.69 Å². The van der Waals surface area contributed by atoms with Crippen molar-refractivity contribution in [1.29, 1.82) is 0 Å². The minimum atomic E-state index is -0.323. The van der Waals surface area contributed by atoms with Crippen molar-refractivity contribution in [2.45, 2.75) is 39.5 Å². The lowest BCUT2D eigenvalue weighted by Crippen LogP contribution is -2.33. The summed E-state index contributed by atoms with van der Waals surface area (Å²) in [6, 6.07) is 13.1. The topological polar surface area (TPSA) is 67.9 Å². The molecule has 2 aromatic carbocycles. The van der Waals surface area contributed by atoms with Crippen LogP contribution in [0.1, 0.15) is 45.2 Å². The van der Waals surface area contributed by atoms with Crippen molar-refractivity contribution in [3.05, 3.63) is 59.3 Å². The van der Waals surface area contributed by atoms with Crippen LogP contribution in [0.3, 0.4) is 0 Å². The second-order valence-corrected chi connectivity index (χ2v) is 8.53. The maximum absolute atomic E-state index is 13.2. The van der Waals surface area contributed by atoms with Crippen molar-refractivity contribution in [2.75, 3.05) is 26.1 Å². The third-order valence-electron chi connectivity index (χ3n) is 5.31. The van der Waals surface area contributed by atoms with Gasteiger partial charge in [0.1, 0.15) is 5.70 Å². The van der Waals surface area contributed by atoms with Gasteiger partial charge in [0, 0.05) is 12.2 Å². The molecule has 0 aliphatic carbocycles. The summed E-state index contributed by atoms with van der Waals surface area (Å²) in [4.78, 5) is 27.6. The Morgan fingerprint density at radius 3 is 2.10 bits per heavy atom. The smallest absolute Gasteiger partial charge is 0.278 e. The van der Waals surface area contributed by atoms with Crippen LogP contribution in [0.25, 0.3) is 5.57 Å². The Morgan fingerprint density at radius 1 is 0.903 bits per heavy atom. The van der Waals surface area contributed by atoms with Gasteiger partial charge in [-0.15, -0.1) is 0 Å². The lowest BCUT2D eigenvalue weighted by Gasteiger charge is -2.19. The number of anilines is 1. The number of carbonyl (C=O) groups excluding carboxylic acids is 2. The normalized spacial score (nSPS) is 14.3. The number of nitrogens with one attached hydrogen (secondary N) is 1. The fourth-order valence-electron chi connectivity index (χ4n) is 3.58. The highest BCUT2D eigenvalue weighted by Crippen LogP contribution is 2.36. The zero-order chi connectivity index (χ0) is 22.8. The van der Waals surface area contributed by atoms with Crippen molar-refractivity contribution in [1.82, 2.24) is 4.90 Å². The van der Waals surface area contributed by atoms with Crippen molar-refractivity contribution >= 4 is 23.1 Å². The minimum Gasteiger partial charge on any atom is -0.493 e. The van der Waals surface area contributed by atoms with Crippen LogP contribution < -0.4 is 14.8 Å². The highest BCUT2D eigenvalue weighted by Gasteiger charge is 2.39. The summed E-state index contributed by atoms with van der Waals surface area (Å²) >= 11 is 0. The molecule has 3 rings (SSSR count). The van der Waals surface area contributed by atoms with Crippen LogP contribution in [0.15, 0.2) is 48.2 Å². The Labute approximate surface area is 183 Å². The Kier molecular flexibility index (Phi) is 6.39. The summed E-state index contributed by atoms with van der Waals surface area (Å²) in [5.41, 5.74) is 3.17. The number of imide groups is 1. The Morgan fingerprint density at radius 2 is 1.55 bits per heavy atom. The fourth-order valence-corrected chi connectivity index (χ4v) is 3.58. The molecule has 0 aromatic heterocycles. The lowest BCUT2D eigenvalue weighted by molar-refractivity contribution is -0.136. The van der Waals surface area contributed by atoms with Crippen molar-refractivity contribution in [3.8, 4) is 11.5 Å². The van der Waals surface area contributed by atoms with Crippen LogP contribution in [-0.4, -0.2) is 37.5 Å². The van der Waals surface area contributed by atoms with E-state index in [2.05, 4.69) is 26.1 Å². The molecule has 2 aromatic rings. The van der Waals surface area contributed by atoms with Gasteiger partial charge >= 0.3 is 0 Å². The van der Waals surface area contributed by atoms with Gasteiger partial charge in [-0.2, -0.15) is 0 Å². The van der Waals surface area contributed by atoms with E-state index in [4.69, 9.17) is 9.47 Å². The molecule has 0 spiro atoms. The first-order chi connectivity index (χ1) is 14.7. The molecule has 1 aliphatic heterocycles. The highest BCUT2D eigenvalue weighted by molar-refractivity contribution is 6.36. The van der Waals surface area contributed by atoms with Crippen LogP contribution in [0.4, 0.5) is 5.69 Å². The second-order valence-electron chi connectivity index (χ2n) is 8.53. The van der Waals surface area contributed by atoms with E-state index in [-0.39, 0.29) is 22.9 Å². The number of methoxy groups -OCH3 is 2. The molecule has 0 saturated heterocycles. The highest BCUT2D eigenvalue weighted by atomic mass is 16.5. The predicted octanol–water partition coefficient (Wildman–Crippen LogP) is 4.60. The first-order valence-electron chi connectivity index (χ1n) is 10.4. The molecule has 1 aliphatic rings. The quantitative estimate of drug-likeness (QED) is 0.661. The van der Waals surface area contributed by atoms with Crippen LogP contribution in [0.5, 0.6) is 11.5 Å². The summed E-state index contributed by atoms with van der Waals surface area (Å²) < 4.78 is 10.7. The number of ether oxygens (including phenoxy) is 2. The molecule has 6 nitrogen and oxygen atoms in total. The molecule has 0 atom stereocenters. The Hall–Kier alpha value is -3.28. The molecule has 0 saturated carbocycles. The van der Waals surface area contributed by atoms with Gasteiger partial charge in [-0.05, 0) is 47.2 Å².